The van der Waals surface area contributed by atoms with Crippen molar-refractivity contribution < 1.29 is 14.7 Å². The SMILES string of the molecule is CCC(C)ON=CC1[C@@H](C(=O)O)C1(C)C. The molecule has 1 N–H and O–H groups in total. The van der Waals surface area contributed by atoms with E-state index in [1.54, 1.807) is 6.21 Å². The Morgan fingerprint density at radius 3 is 2.67 bits per heavy atom. The molecule has 4 heteroatoms. The second-order valence-corrected chi connectivity index (χ2v) is 4.74. The van der Waals surface area contributed by atoms with E-state index < -0.39 is 5.97 Å². The zero-order valence-corrected chi connectivity index (χ0v) is 9.73. The molecule has 0 heterocycles. The second kappa shape index (κ2) is 4.21. The van der Waals surface area contributed by atoms with Crippen LogP contribution in [0.25, 0.3) is 0 Å². The number of oxime groups is 1. The van der Waals surface area contributed by atoms with E-state index in [4.69, 9.17) is 9.94 Å². The van der Waals surface area contributed by atoms with Gasteiger partial charge in [0.1, 0.15) is 6.10 Å². The van der Waals surface area contributed by atoms with Crippen molar-refractivity contribution in [3.63, 3.8) is 0 Å². The lowest BCUT2D eigenvalue weighted by molar-refractivity contribution is -0.139. The normalized spacial score (nSPS) is 30.1. The maximum atomic E-state index is 10.8. The van der Waals surface area contributed by atoms with Gasteiger partial charge < -0.3 is 9.94 Å². The Hall–Kier alpha value is -1.06. The number of aliphatic carboxylic acids is 1. The number of carboxylic acids is 1. The van der Waals surface area contributed by atoms with Crippen LogP contribution >= 0.6 is 0 Å². The van der Waals surface area contributed by atoms with Gasteiger partial charge in [-0.15, -0.1) is 0 Å². The van der Waals surface area contributed by atoms with Crippen molar-refractivity contribution in [2.45, 2.75) is 40.2 Å². The van der Waals surface area contributed by atoms with E-state index in [1.807, 2.05) is 27.7 Å². The predicted molar refractivity (Wildman–Crippen MR) is 57.7 cm³/mol. The summed E-state index contributed by atoms with van der Waals surface area (Å²) in [5.74, 6) is -1.07. The first-order valence-electron chi connectivity index (χ1n) is 5.33. The molecule has 0 bridgehead atoms. The van der Waals surface area contributed by atoms with E-state index in [0.29, 0.717) is 0 Å². The van der Waals surface area contributed by atoms with Gasteiger partial charge in [-0.1, -0.05) is 25.9 Å². The Bertz CT molecular complexity index is 273. The largest absolute Gasteiger partial charge is 0.481 e. The minimum absolute atomic E-state index is 0.000874. The molecule has 1 aliphatic carbocycles. The second-order valence-electron chi connectivity index (χ2n) is 4.74. The maximum absolute atomic E-state index is 10.8. The minimum Gasteiger partial charge on any atom is -0.481 e. The Kier molecular flexibility index (Phi) is 3.37. The van der Waals surface area contributed by atoms with Crippen molar-refractivity contribution in [3.8, 4) is 0 Å². The summed E-state index contributed by atoms with van der Waals surface area (Å²) in [6, 6.07) is 0. The topological polar surface area (TPSA) is 58.9 Å². The lowest BCUT2D eigenvalue weighted by atomic mass is 10.1. The highest BCUT2D eigenvalue weighted by atomic mass is 16.6. The number of rotatable bonds is 5. The van der Waals surface area contributed by atoms with Crippen molar-refractivity contribution in [2.75, 3.05) is 0 Å². The molecular formula is C11H19NO3. The molecule has 0 aromatic carbocycles. The summed E-state index contributed by atoms with van der Waals surface area (Å²) in [5.41, 5.74) is -0.186. The molecule has 4 nitrogen and oxygen atoms in total. The predicted octanol–water partition coefficient (Wildman–Crippen LogP) is 2.14. The monoisotopic (exact) mass is 213 g/mol. The number of carboxylic acid groups (broad SMARTS) is 1. The molecule has 0 saturated heterocycles. The molecule has 86 valence electrons. The Morgan fingerprint density at radius 2 is 2.27 bits per heavy atom. The van der Waals surface area contributed by atoms with Crippen molar-refractivity contribution in [3.05, 3.63) is 0 Å². The summed E-state index contributed by atoms with van der Waals surface area (Å²) in [6.07, 6.45) is 2.62. The first-order valence-corrected chi connectivity index (χ1v) is 5.33. The average Bonchev–Trinajstić information content (AvgIpc) is 2.68. The summed E-state index contributed by atoms with van der Waals surface area (Å²) in [6.45, 7) is 7.82. The molecule has 0 aromatic rings. The van der Waals surface area contributed by atoms with Crippen LogP contribution in [0.4, 0.5) is 0 Å². The molecule has 0 aromatic heterocycles. The number of carbonyl (C=O) groups is 1. The fourth-order valence-electron chi connectivity index (χ4n) is 1.71. The van der Waals surface area contributed by atoms with Gasteiger partial charge in [0.25, 0.3) is 0 Å². The van der Waals surface area contributed by atoms with Gasteiger partial charge in [-0.25, -0.2) is 0 Å². The van der Waals surface area contributed by atoms with E-state index in [1.165, 1.54) is 0 Å². The smallest absolute Gasteiger partial charge is 0.307 e. The molecule has 1 aliphatic rings. The van der Waals surface area contributed by atoms with Crippen LogP contribution in [0.3, 0.4) is 0 Å². The van der Waals surface area contributed by atoms with Crippen molar-refractivity contribution in [2.24, 2.45) is 22.4 Å². The molecule has 2 unspecified atom stereocenters. The van der Waals surface area contributed by atoms with Crippen molar-refractivity contribution in [1.82, 2.24) is 0 Å². The third-order valence-electron chi connectivity index (χ3n) is 3.21. The van der Waals surface area contributed by atoms with Crippen LogP contribution in [0, 0.1) is 17.3 Å². The highest BCUT2D eigenvalue weighted by Gasteiger charge is 2.61. The molecule has 1 rings (SSSR count). The quantitative estimate of drug-likeness (QED) is 0.562. The Labute approximate surface area is 90.3 Å². The summed E-state index contributed by atoms with van der Waals surface area (Å²) >= 11 is 0. The van der Waals surface area contributed by atoms with Gasteiger partial charge in [-0.3, -0.25) is 4.79 Å². The van der Waals surface area contributed by atoms with Crippen LogP contribution in [0.5, 0.6) is 0 Å². The van der Waals surface area contributed by atoms with E-state index in [2.05, 4.69) is 5.16 Å². The molecule has 1 fully saturated rings. The van der Waals surface area contributed by atoms with Crippen LogP contribution in [0.2, 0.25) is 0 Å². The standard InChI is InChI=1S/C11H19NO3/c1-5-7(2)15-12-6-8-9(10(13)14)11(8,3)4/h6-9H,5H2,1-4H3,(H,13,14)/t7?,8?,9-/m0/s1. The summed E-state index contributed by atoms with van der Waals surface area (Å²) in [5, 5.41) is 12.8. The van der Waals surface area contributed by atoms with Crippen LogP contribution in [0.1, 0.15) is 34.1 Å². The van der Waals surface area contributed by atoms with Crippen LogP contribution in [-0.4, -0.2) is 23.4 Å². The van der Waals surface area contributed by atoms with Crippen molar-refractivity contribution in [1.29, 1.82) is 0 Å². The number of hydrogen-bond donors (Lipinski definition) is 1. The molecular weight excluding hydrogens is 194 g/mol. The highest BCUT2D eigenvalue weighted by molar-refractivity contribution is 5.84. The van der Waals surface area contributed by atoms with E-state index in [-0.39, 0.29) is 23.4 Å². The zero-order valence-electron chi connectivity index (χ0n) is 9.73. The fourth-order valence-corrected chi connectivity index (χ4v) is 1.71. The van der Waals surface area contributed by atoms with E-state index in [0.717, 1.165) is 6.42 Å². The molecule has 15 heavy (non-hydrogen) atoms. The third-order valence-corrected chi connectivity index (χ3v) is 3.21. The maximum Gasteiger partial charge on any atom is 0.307 e. The van der Waals surface area contributed by atoms with Gasteiger partial charge in [-0.05, 0) is 18.8 Å². The molecule has 0 amide bonds. The van der Waals surface area contributed by atoms with Gasteiger partial charge in [0.15, 0.2) is 0 Å². The summed E-state index contributed by atoms with van der Waals surface area (Å²) in [7, 11) is 0. The Morgan fingerprint density at radius 1 is 1.67 bits per heavy atom. The van der Waals surface area contributed by atoms with E-state index in [9.17, 15) is 4.79 Å². The molecule has 0 radical (unpaired) electrons. The lowest BCUT2D eigenvalue weighted by Gasteiger charge is -2.04. The van der Waals surface area contributed by atoms with Gasteiger partial charge in [0.2, 0.25) is 0 Å². The zero-order chi connectivity index (χ0) is 11.6. The fraction of sp³-hybridized carbons (Fsp3) is 0.818. The van der Waals surface area contributed by atoms with E-state index >= 15 is 0 Å². The minimum atomic E-state index is -0.750. The van der Waals surface area contributed by atoms with Gasteiger partial charge >= 0.3 is 5.97 Å². The molecule has 0 spiro atoms. The van der Waals surface area contributed by atoms with Gasteiger partial charge in [0.05, 0.1) is 5.92 Å². The summed E-state index contributed by atoms with van der Waals surface area (Å²) in [4.78, 5) is 16.0. The van der Waals surface area contributed by atoms with Gasteiger partial charge in [-0.2, -0.15) is 0 Å². The number of hydrogen-bond acceptors (Lipinski definition) is 3. The lowest BCUT2D eigenvalue weighted by Crippen LogP contribution is -2.03. The van der Waals surface area contributed by atoms with Gasteiger partial charge in [0, 0.05) is 12.1 Å². The summed E-state index contributed by atoms with van der Waals surface area (Å²) < 4.78 is 0. The van der Waals surface area contributed by atoms with Crippen LogP contribution in [-0.2, 0) is 9.63 Å². The van der Waals surface area contributed by atoms with Crippen molar-refractivity contribution >= 4 is 12.2 Å². The number of nitrogens with zero attached hydrogens (tertiary/aromatic N) is 1. The van der Waals surface area contributed by atoms with Crippen LogP contribution in [0.15, 0.2) is 5.16 Å². The Balaban J connectivity index is 2.44. The van der Waals surface area contributed by atoms with Crippen LogP contribution < -0.4 is 0 Å². The molecule has 1 saturated carbocycles. The average molecular weight is 213 g/mol. The third kappa shape index (κ3) is 2.49. The molecule has 3 atom stereocenters. The first kappa shape index (κ1) is 12.0. The highest BCUT2D eigenvalue weighted by Crippen LogP contribution is 2.57. The molecule has 0 aliphatic heterocycles. The first-order chi connectivity index (χ1) is 6.91.